The molecule has 28 heavy (non-hydrogen) atoms. The Bertz CT molecular complexity index is 1090. The molecule has 1 fully saturated rings. The second kappa shape index (κ2) is 6.01. The zero-order chi connectivity index (χ0) is 19.5. The number of pyridine rings is 2. The first-order chi connectivity index (χ1) is 13.4. The van der Waals surface area contributed by atoms with Gasteiger partial charge < -0.3 is 15.8 Å². The van der Waals surface area contributed by atoms with E-state index in [1.165, 1.54) is 0 Å². The number of nitrogens with two attached hydrogens (primary N) is 1. The van der Waals surface area contributed by atoms with Crippen molar-refractivity contribution in [2.45, 2.75) is 44.6 Å². The maximum atomic E-state index is 12.0. The summed E-state index contributed by atoms with van der Waals surface area (Å²) in [6.07, 6.45) is 7.68. The standard InChI is InChI=1S/C22H22N4O2/c1-12-2-3-14(11-24-12)17-8-16-13(10-25-17)4-5-15-19(21(27)28)18(26-20(15)16)9-22(23)6-7-22/h2-3,8,10-11,26H,4-7,9,23H2,1H3,(H,27,28). The maximum absolute atomic E-state index is 12.0. The van der Waals surface area contributed by atoms with Gasteiger partial charge in [0.15, 0.2) is 0 Å². The second-order valence-electron chi connectivity index (χ2n) is 8.09. The van der Waals surface area contributed by atoms with Gasteiger partial charge in [-0.15, -0.1) is 0 Å². The summed E-state index contributed by atoms with van der Waals surface area (Å²) in [4.78, 5) is 24.4. The fraction of sp³-hybridized carbons (Fsp3) is 0.318. The van der Waals surface area contributed by atoms with E-state index in [0.29, 0.717) is 18.4 Å². The predicted molar refractivity (Wildman–Crippen MR) is 106 cm³/mol. The fourth-order valence-electron chi connectivity index (χ4n) is 4.11. The largest absolute Gasteiger partial charge is 0.478 e. The van der Waals surface area contributed by atoms with Gasteiger partial charge in [-0.25, -0.2) is 4.79 Å². The van der Waals surface area contributed by atoms with Crippen LogP contribution in [0.25, 0.3) is 22.5 Å². The monoisotopic (exact) mass is 374 g/mol. The number of nitrogens with zero attached hydrogens (tertiary/aromatic N) is 2. The van der Waals surface area contributed by atoms with Crippen molar-refractivity contribution in [2.75, 3.05) is 0 Å². The Balaban J connectivity index is 1.63. The molecule has 0 unspecified atom stereocenters. The molecule has 0 amide bonds. The number of hydrogen-bond donors (Lipinski definition) is 3. The van der Waals surface area contributed by atoms with Gasteiger partial charge in [-0.1, -0.05) is 0 Å². The molecule has 0 bridgehead atoms. The lowest BCUT2D eigenvalue weighted by Crippen LogP contribution is -2.25. The lowest BCUT2D eigenvalue weighted by atomic mass is 9.88. The molecule has 0 radical (unpaired) electrons. The third-order valence-corrected chi connectivity index (χ3v) is 5.92. The van der Waals surface area contributed by atoms with Crippen LogP contribution in [0.2, 0.25) is 0 Å². The molecule has 2 aliphatic carbocycles. The van der Waals surface area contributed by atoms with E-state index in [1.807, 2.05) is 37.5 Å². The summed E-state index contributed by atoms with van der Waals surface area (Å²) in [6, 6.07) is 6.02. The highest BCUT2D eigenvalue weighted by Gasteiger charge is 2.40. The number of nitrogens with one attached hydrogen (secondary N) is 1. The molecule has 2 aliphatic rings. The van der Waals surface area contributed by atoms with E-state index in [1.54, 1.807) is 0 Å². The van der Waals surface area contributed by atoms with Crippen molar-refractivity contribution >= 4 is 5.97 Å². The van der Waals surface area contributed by atoms with E-state index in [4.69, 9.17) is 5.73 Å². The van der Waals surface area contributed by atoms with Crippen molar-refractivity contribution in [2.24, 2.45) is 5.73 Å². The van der Waals surface area contributed by atoms with Crippen molar-refractivity contribution < 1.29 is 9.90 Å². The number of carbonyl (C=O) groups is 1. The van der Waals surface area contributed by atoms with Crippen LogP contribution < -0.4 is 5.73 Å². The van der Waals surface area contributed by atoms with E-state index in [9.17, 15) is 9.90 Å². The van der Waals surface area contributed by atoms with E-state index in [2.05, 4.69) is 15.0 Å². The molecule has 3 aromatic heterocycles. The van der Waals surface area contributed by atoms with Crippen molar-refractivity contribution in [1.29, 1.82) is 0 Å². The van der Waals surface area contributed by atoms with Gasteiger partial charge in [0.2, 0.25) is 0 Å². The Morgan fingerprint density at radius 2 is 2.07 bits per heavy atom. The first-order valence-corrected chi connectivity index (χ1v) is 9.62. The normalized spacial score (nSPS) is 16.4. The molecular formula is C22H22N4O2. The number of aromatic amines is 1. The Kier molecular flexibility index (Phi) is 3.67. The van der Waals surface area contributed by atoms with Gasteiger partial charge in [0.05, 0.1) is 17.0 Å². The van der Waals surface area contributed by atoms with Crippen LogP contribution in [0.15, 0.2) is 30.6 Å². The van der Waals surface area contributed by atoms with E-state index in [0.717, 1.165) is 64.3 Å². The minimum absolute atomic E-state index is 0.253. The first-order valence-electron chi connectivity index (χ1n) is 9.62. The van der Waals surface area contributed by atoms with Crippen molar-refractivity contribution in [3.63, 3.8) is 0 Å². The lowest BCUT2D eigenvalue weighted by Gasteiger charge is -2.17. The number of hydrogen-bond acceptors (Lipinski definition) is 4. The zero-order valence-corrected chi connectivity index (χ0v) is 15.7. The Morgan fingerprint density at radius 1 is 1.25 bits per heavy atom. The van der Waals surface area contributed by atoms with Gasteiger partial charge in [-0.2, -0.15) is 0 Å². The smallest absolute Gasteiger partial charge is 0.337 e. The molecular weight excluding hydrogens is 352 g/mol. The summed E-state index contributed by atoms with van der Waals surface area (Å²) in [6.45, 7) is 1.95. The molecule has 0 atom stereocenters. The highest BCUT2D eigenvalue weighted by Crippen LogP contribution is 2.41. The quantitative estimate of drug-likeness (QED) is 0.650. The second-order valence-corrected chi connectivity index (χ2v) is 8.09. The van der Waals surface area contributed by atoms with Gasteiger partial charge in [0.25, 0.3) is 0 Å². The number of H-pyrrole nitrogens is 1. The molecule has 3 heterocycles. The van der Waals surface area contributed by atoms with Crippen LogP contribution in [0, 0.1) is 6.92 Å². The van der Waals surface area contributed by atoms with Crippen LogP contribution in [-0.4, -0.2) is 31.6 Å². The molecule has 6 nitrogen and oxygen atoms in total. The van der Waals surface area contributed by atoms with Gasteiger partial charge in [-0.05, 0) is 61.9 Å². The molecule has 1 saturated carbocycles. The molecule has 0 aromatic carbocycles. The number of aromatic carboxylic acids is 1. The number of carboxylic acids is 1. The minimum Gasteiger partial charge on any atom is -0.478 e. The Labute approximate surface area is 162 Å². The molecule has 3 aromatic rings. The predicted octanol–water partition coefficient (Wildman–Crippen LogP) is 3.28. The van der Waals surface area contributed by atoms with Crippen molar-refractivity contribution in [3.8, 4) is 22.5 Å². The topological polar surface area (TPSA) is 105 Å². The summed E-state index contributed by atoms with van der Waals surface area (Å²) >= 11 is 0. The van der Waals surface area contributed by atoms with Crippen LogP contribution >= 0.6 is 0 Å². The first kappa shape index (κ1) is 17.1. The molecule has 0 aliphatic heterocycles. The van der Waals surface area contributed by atoms with E-state index < -0.39 is 5.97 Å². The molecule has 0 saturated heterocycles. The number of rotatable bonds is 4. The lowest BCUT2D eigenvalue weighted by molar-refractivity contribution is 0.0694. The van der Waals surface area contributed by atoms with Crippen molar-refractivity contribution in [3.05, 3.63) is 58.7 Å². The van der Waals surface area contributed by atoms with Gasteiger partial charge in [0.1, 0.15) is 0 Å². The van der Waals surface area contributed by atoms with Crippen LogP contribution in [0.1, 0.15) is 45.7 Å². The van der Waals surface area contributed by atoms with Crippen molar-refractivity contribution in [1.82, 2.24) is 15.0 Å². The Morgan fingerprint density at radius 3 is 2.75 bits per heavy atom. The molecule has 142 valence electrons. The highest BCUT2D eigenvalue weighted by molar-refractivity contribution is 5.95. The number of carboxylic acid groups (broad SMARTS) is 1. The van der Waals surface area contributed by atoms with Crippen LogP contribution in [0.3, 0.4) is 0 Å². The number of fused-ring (bicyclic) bond motifs is 3. The maximum Gasteiger partial charge on any atom is 0.337 e. The third kappa shape index (κ3) is 2.81. The summed E-state index contributed by atoms with van der Waals surface area (Å²) in [5.41, 5.74) is 13.9. The summed E-state index contributed by atoms with van der Waals surface area (Å²) < 4.78 is 0. The van der Waals surface area contributed by atoms with Gasteiger partial charge >= 0.3 is 5.97 Å². The average Bonchev–Trinajstić information content (AvgIpc) is 3.27. The SMILES string of the molecule is Cc1ccc(-c2cc3c(cn2)CCc2c-3[nH]c(CC3(N)CC3)c2C(=O)O)cn1. The van der Waals surface area contributed by atoms with Crippen LogP contribution in [-0.2, 0) is 19.3 Å². The van der Waals surface area contributed by atoms with E-state index in [-0.39, 0.29) is 5.54 Å². The third-order valence-electron chi connectivity index (χ3n) is 5.92. The zero-order valence-electron chi connectivity index (χ0n) is 15.7. The molecule has 6 heteroatoms. The van der Waals surface area contributed by atoms with Crippen LogP contribution in [0.4, 0.5) is 0 Å². The average molecular weight is 374 g/mol. The van der Waals surface area contributed by atoms with Gasteiger partial charge in [0, 0.05) is 46.9 Å². The number of aryl methyl sites for hydroxylation is 2. The molecule has 0 spiro atoms. The van der Waals surface area contributed by atoms with Crippen LogP contribution in [0.5, 0.6) is 0 Å². The number of aromatic nitrogens is 3. The fourth-order valence-corrected chi connectivity index (χ4v) is 4.11. The summed E-state index contributed by atoms with van der Waals surface area (Å²) in [5, 5.41) is 9.85. The van der Waals surface area contributed by atoms with E-state index >= 15 is 0 Å². The highest BCUT2D eigenvalue weighted by atomic mass is 16.4. The summed E-state index contributed by atoms with van der Waals surface area (Å²) in [5.74, 6) is -0.878. The molecule has 4 N–H and O–H groups in total. The Hall–Kier alpha value is -2.99. The minimum atomic E-state index is -0.878. The summed E-state index contributed by atoms with van der Waals surface area (Å²) in [7, 11) is 0. The van der Waals surface area contributed by atoms with Gasteiger partial charge in [-0.3, -0.25) is 9.97 Å². The molecule has 5 rings (SSSR count).